The van der Waals surface area contributed by atoms with E-state index in [1.54, 1.807) is 18.2 Å². The van der Waals surface area contributed by atoms with Crippen molar-refractivity contribution in [2.75, 3.05) is 13.1 Å². The van der Waals surface area contributed by atoms with Gasteiger partial charge >= 0.3 is 6.18 Å². The molecule has 6 heteroatoms. The second-order valence-electron chi connectivity index (χ2n) is 4.75. The molecular weight excluding hydrogens is 333 g/mol. The third-order valence-corrected chi connectivity index (χ3v) is 3.92. The van der Waals surface area contributed by atoms with E-state index in [1.807, 2.05) is 6.08 Å². The number of hydrogen-bond acceptors (Lipinski definition) is 1. The van der Waals surface area contributed by atoms with Gasteiger partial charge in [-0.05, 0) is 30.7 Å². The Morgan fingerprint density at radius 2 is 2.00 bits per heavy atom. The zero-order valence-electron chi connectivity index (χ0n) is 10.4. The zero-order valence-corrected chi connectivity index (χ0v) is 12.0. The lowest BCUT2D eigenvalue weighted by Gasteiger charge is -2.16. The Labute approximate surface area is 122 Å². The summed E-state index contributed by atoms with van der Waals surface area (Å²) in [6, 6.07) is 5.17. The maximum absolute atomic E-state index is 13.3. The fourth-order valence-electron chi connectivity index (χ4n) is 2.57. The highest BCUT2D eigenvalue weighted by Crippen LogP contribution is 2.40. The maximum atomic E-state index is 13.3. The molecule has 2 aromatic rings. The minimum atomic E-state index is -4.38. The first-order chi connectivity index (χ1) is 9.47. The van der Waals surface area contributed by atoms with Crippen LogP contribution in [0.2, 0.25) is 0 Å². The number of hydrogen-bond donors (Lipinski definition) is 2. The summed E-state index contributed by atoms with van der Waals surface area (Å²) in [5, 5.41) is 3.74. The molecule has 0 fully saturated rings. The molecule has 0 saturated carbocycles. The first-order valence-corrected chi connectivity index (χ1v) is 7.04. The molecule has 0 aliphatic carbocycles. The van der Waals surface area contributed by atoms with E-state index in [4.69, 9.17) is 0 Å². The number of rotatable bonds is 1. The van der Waals surface area contributed by atoms with E-state index in [0.29, 0.717) is 36.0 Å². The van der Waals surface area contributed by atoms with Gasteiger partial charge in [0.2, 0.25) is 0 Å². The van der Waals surface area contributed by atoms with E-state index in [2.05, 4.69) is 26.2 Å². The molecule has 0 saturated heterocycles. The average molecular weight is 345 g/mol. The van der Waals surface area contributed by atoms with Gasteiger partial charge in [0.25, 0.3) is 0 Å². The van der Waals surface area contributed by atoms with Gasteiger partial charge in [-0.2, -0.15) is 13.2 Å². The Bertz CT molecular complexity index is 686. The van der Waals surface area contributed by atoms with Crippen molar-refractivity contribution >= 4 is 32.4 Å². The van der Waals surface area contributed by atoms with Crippen molar-refractivity contribution in [2.45, 2.75) is 12.6 Å². The molecule has 0 amide bonds. The Morgan fingerprint density at radius 3 is 2.65 bits per heavy atom. The topological polar surface area (TPSA) is 27.8 Å². The molecule has 2 nitrogen and oxygen atoms in total. The summed E-state index contributed by atoms with van der Waals surface area (Å²) in [5.74, 6) is 0. The predicted molar refractivity (Wildman–Crippen MR) is 76.5 cm³/mol. The number of aromatic nitrogens is 1. The third-order valence-electron chi connectivity index (χ3n) is 3.43. The lowest BCUT2D eigenvalue weighted by molar-refractivity contribution is -0.140. The minimum Gasteiger partial charge on any atom is -0.350 e. The second kappa shape index (κ2) is 4.93. The van der Waals surface area contributed by atoms with Gasteiger partial charge in [-0.1, -0.05) is 28.1 Å². The molecule has 1 aromatic carbocycles. The van der Waals surface area contributed by atoms with Crippen LogP contribution < -0.4 is 5.32 Å². The van der Waals surface area contributed by atoms with Gasteiger partial charge in [0, 0.05) is 27.5 Å². The zero-order chi connectivity index (χ0) is 14.3. The first-order valence-electron chi connectivity index (χ1n) is 6.25. The summed E-state index contributed by atoms with van der Waals surface area (Å²) >= 11 is 3.29. The van der Waals surface area contributed by atoms with Crippen LogP contribution in [0.1, 0.15) is 17.7 Å². The molecule has 1 aliphatic heterocycles. The van der Waals surface area contributed by atoms with Crippen molar-refractivity contribution in [3.05, 3.63) is 40.0 Å². The van der Waals surface area contributed by atoms with Gasteiger partial charge in [-0.3, -0.25) is 0 Å². The van der Waals surface area contributed by atoms with Crippen molar-refractivity contribution in [3.63, 3.8) is 0 Å². The number of fused-ring (bicyclic) bond motifs is 1. The molecule has 2 N–H and O–H groups in total. The Balaban J connectivity index is 2.28. The summed E-state index contributed by atoms with van der Waals surface area (Å²) in [4.78, 5) is 2.53. The largest absolute Gasteiger partial charge is 0.431 e. The fraction of sp³-hybridized carbons (Fsp3) is 0.286. The molecule has 0 radical (unpaired) electrons. The highest BCUT2D eigenvalue weighted by atomic mass is 79.9. The van der Waals surface area contributed by atoms with Gasteiger partial charge < -0.3 is 10.3 Å². The molecule has 0 unspecified atom stereocenters. The summed E-state index contributed by atoms with van der Waals surface area (Å²) in [5.41, 5.74) is 0.894. The Kier molecular flexibility index (Phi) is 3.38. The number of aromatic amines is 1. The molecule has 20 heavy (non-hydrogen) atoms. The quantitative estimate of drug-likeness (QED) is 0.791. The Morgan fingerprint density at radius 1 is 1.20 bits per heavy atom. The molecular formula is C14H12BrF3N2. The number of H-pyrrole nitrogens is 1. The minimum absolute atomic E-state index is 0.293. The van der Waals surface area contributed by atoms with Gasteiger partial charge in [-0.25, -0.2) is 0 Å². The first kappa shape index (κ1) is 13.7. The molecule has 1 aromatic heterocycles. The van der Waals surface area contributed by atoms with Crippen molar-refractivity contribution < 1.29 is 13.2 Å². The average Bonchev–Trinajstić information content (AvgIpc) is 2.78. The molecule has 1 aliphatic rings. The van der Waals surface area contributed by atoms with Gasteiger partial charge in [0.1, 0.15) is 5.69 Å². The normalized spacial score (nSPS) is 16.5. The summed E-state index contributed by atoms with van der Waals surface area (Å²) in [6.07, 6.45) is -1.94. The number of halogens is 4. The molecule has 0 atom stereocenters. The van der Waals surface area contributed by atoms with Gasteiger partial charge in [0.05, 0.1) is 0 Å². The van der Waals surface area contributed by atoms with Crippen molar-refractivity contribution in [3.8, 4) is 0 Å². The van der Waals surface area contributed by atoms with Crippen LogP contribution in [0.4, 0.5) is 13.2 Å². The number of benzene rings is 1. The van der Waals surface area contributed by atoms with E-state index >= 15 is 0 Å². The summed E-state index contributed by atoms with van der Waals surface area (Å²) in [6.45, 7) is 1.31. The monoisotopic (exact) mass is 344 g/mol. The van der Waals surface area contributed by atoms with E-state index in [-0.39, 0.29) is 0 Å². The molecule has 3 rings (SSSR count). The standard InChI is InChI=1S/C14H12BrF3N2/c15-9-1-2-10-11(7-9)20-13(14(16,17)18)12(10)8-3-5-19-6-4-8/h1-3,7,19-20H,4-6H2. The van der Waals surface area contributed by atoms with Crippen LogP contribution in [0.15, 0.2) is 28.7 Å². The van der Waals surface area contributed by atoms with Crippen LogP contribution in [-0.4, -0.2) is 18.1 Å². The van der Waals surface area contributed by atoms with E-state index in [0.717, 1.165) is 10.0 Å². The number of nitrogens with one attached hydrogen (secondary N) is 2. The smallest absolute Gasteiger partial charge is 0.350 e. The van der Waals surface area contributed by atoms with E-state index in [1.165, 1.54) is 0 Å². The summed E-state index contributed by atoms with van der Waals surface area (Å²) in [7, 11) is 0. The molecule has 0 bridgehead atoms. The van der Waals surface area contributed by atoms with Crippen LogP contribution in [0.5, 0.6) is 0 Å². The maximum Gasteiger partial charge on any atom is 0.431 e. The van der Waals surface area contributed by atoms with E-state index < -0.39 is 11.9 Å². The second-order valence-corrected chi connectivity index (χ2v) is 5.66. The van der Waals surface area contributed by atoms with Gasteiger partial charge in [0.15, 0.2) is 0 Å². The van der Waals surface area contributed by atoms with Crippen molar-refractivity contribution in [1.29, 1.82) is 0 Å². The SMILES string of the molecule is FC(F)(F)c1[nH]c2cc(Br)ccc2c1C1=CCNCC1. The van der Waals surface area contributed by atoms with Crippen molar-refractivity contribution in [2.24, 2.45) is 0 Å². The van der Waals surface area contributed by atoms with Crippen LogP contribution >= 0.6 is 15.9 Å². The van der Waals surface area contributed by atoms with Crippen molar-refractivity contribution in [1.82, 2.24) is 10.3 Å². The highest BCUT2D eigenvalue weighted by Gasteiger charge is 2.37. The van der Waals surface area contributed by atoms with Crippen LogP contribution in [-0.2, 0) is 6.18 Å². The third kappa shape index (κ3) is 2.38. The Hall–Kier alpha value is -1.27. The van der Waals surface area contributed by atoms with Crippen LogP contribution in [0.25, 0.3) is 16.5 Å². The molecule has 106 valence electrons. The summed E-state index contributed by atoms with van der Waals surface area (Å²) < 4.78 is 40.5. The molecule has 0 spiro atoms. The predicted octanol–water partition coefficient (Wildman–Crippen LogP) is 4.33. The van der Waals surface area contributed by atoms with Crippen LogP contribution in [0, 0.1) is 0 Å². The molecule has 2 heterocycles. The van der Waals surface area contributed by atoms with E-state index in [9.17, 15) is 13.2 Å². The van der Waals surface area contributed by atoms with Gasteiger partial charge in [-0.15, -0.1) is 0 Å². The number of alkyl halides is 3. The van der Waals surface area contributed by atoms with Crippen LogP contribution in [0.3, 0.4) is 0 Å². The fourth-order valence-corrected chi connectivity index (χ4v) is 2.93. The lowest BCUT2D eigenvalue weighted by atomic mass is 9.97. The highest BCUT2D eigenvalue weighted by molar-refractivity contribution is 9.10. The lowest BCUT2D eigenvalue weighted by Crippen LogP contribution is -2.21.